The van der Waals surface area contributed by atoms with Gasteiger partial charge in [-0.25, -0.2) is 28.8 Å². The predicted molar refractivity (Wildman–Crippen MR) is 160 cm³/mol. The number of benzene rings is 2. The normalized spacial score (nSPS) is 11.4. The molecule has 0 saturated heterocycles. The molecule has 14 nitrogen and oxygen atoms in total. The molecular formula is C32H36O14. The van der Waals surface area contributed by atoms with Crippen LogP contribution < -0.4 is 0 Å². The fourth-order valence-corrected chi connectivity index (χ4v) is 3.32. The van der Waals surface area contributed by atoms with Crippen molar-refractivity contribution in [3.63, 3.8) is 0 Å². The van der Waals surface area contributed by atoms with Gasteiger partial charge in [0.1, 0.15) is 13.2 Å². The Bertz CT molecular complexity index is 1400. The lowest BCUT2D eigenvalue weighted by Gasteiger charge is -2.12. The number of hydrogen-bond acceptors (Lipinski definition) is 12. The van der Waals surface area contributed by atoms with Crippen LogP contribution in [0.1, 0.15) is 67.6 Å². The van der Waals surface area contributed by atoms with Crippen molar-refractivity contribution in [3.05, 3.63) is 95.6 Å². The molecular weight excluding hydrogens is 608 g/mol. The molecule has 0 bridgehead atoms. The third kappa shape index (κ3) is 14.4. The molecule has 0 heterocycles. The number of esters is 4. The lowest BCUT2D eigenvalue weighted by Crippen LogP contribution is -2.22. The standard InChI is InChI=1S/C17H20O7.C15H16O7/c1-11(2)16(21)23-9-5-6-12(18)10-24-17(22)14-8-4-3-7-13(14)15(19)20;1-2-13(17)21-8-7-10(16)9-22-15(20)12-6-4-3-5-11(12)14(18)19/h3-4,7-8,12,18H,1,5-6,9-10H2,2H3,(H,19,20);2-6,10,16H,1,7-9H2,(H,18,19). The average Bonchev–Trinajstić information content (AvgIpc) is 3.04. The molecule has 0 aliphatic rings. The van der Waals surface area contributed by atoms with Crippen LogP contribution in [-0.2, 0) is 28.5 Å². The third-order valence-corrected chi connectivity index (χ3v) is 5.69. The Morgan fingerprint density at radius 2 is 1.13 bits per heavy atom. The van der Waals surface area contributed by atoms with E-state index >= 15 is 0 Å². The second kappa shape index (κ2) is 20.6. The third-order valence-electron chi connectivity index (χ3n) is 5.69. The smallest absolute Gasteiger partial charge is 0.339 e. The van der Waals surface area contributed by atoms with E-state index in [0.717, 1.165) is 6.08 Å². The van der Waals surface area contributed by atoms with Crippen LogP contribution in [0, 0.1) is 0 Å². The second-order valence-corrected chi connectivity index (χ2v) is 9.42. The molecule has 0 aliphatic carbocycles. The molecule has 2 unspecified atom stereocenters. The summed E-state index contributed by atoms with van der Waals surface area (Å²) in [5.74, 6) is -5.26. The minimum atomic E-state index is -1.25. The zero-order chi connectivity index (χ0) is 34.6. The Labute approximate surface area is 264 Å². The Balaban J connectivity index is 0.000000462. The number of aliphatic hydroxyl groups is 2. The van der Waals surface area contributed by atoms with Crippen LogP contribution in [0.2, 0.25) is 0 Å². The number of carboxylic acid groups (broad SMARTS) is 2. The van der Waals surface area contributed by atoms with E-state index in [1.165, 1.54) is 55.5 Å². The van der Waals surface area contributed by atoms with Crippen molar-refractivity contribution in [1.29, 1.82) is 0 Å². The maximum absolute atomic E-state index is 11.9. The van der Waals surface area contributed by atoms with Crippen LogP contribution >= 0.6 is 0 Å². The van der Waals surface area contributed by atoms with Gasteiger partial charge in [0, 0.05) is 18.1 Å². The Morgan fingerprint density at radius 3 is 1.54 bits per heavy atom. The topological polar surface area (TPSA) is 220 Å². The molecule has 2 rings (SSSR count). The summed E-state index contributed by atoms with van der Waals surface area (Å²) in [4.78, 5) is 67.6. The number of carboxylic acids is 2. The maximum atomic E-state index is 11.9. The monoisotopic (exact) mass is 644 g/mol. The van der Waals surface area contributed by atoms with E-state index in [1.54, 1.807) is 0 Å². The molecule has 2 aromatic rings. The van der Waals surface area contributed by atoms with Gasteiger partial charge >= 0.3 is 35.8 Å². The van der Waals surface area contributed by atoms with Crippen molar-refractivity contribution in [2.24, 2.45) is 0 Å². The molecule has 0 saturated carbocycles. The van der Waals surface area contributed by atoms with Crippen LogP contribution in [0.3, 0.4) is 0 Å². The molecule has 2 atom stereocenters. The Morgan fingerprint density at radius 1 is 0.696 bits per heavy atom. The number of aliphatic hydroxyl groups excluding tert-OH is 2. The van der Waals surface area contributed by atoms with Crippen molar-refractivity contribution in [2.75, 3.05) is 26.4 Å². The number of ether oxygens (including phenoxy) is 4. The first-order valence-electron chi connectivity index (χ1n) is 13.7. The van der Waals surface area contributed by atoms with Crippen LogP contribution in [0.4, 0.5) is 0 Å². The highest BCUT2D eigenvalue weighted by atomic mass is 16.6. The first-order valence-corrected chi connectivity index (χ1v) is 13.7. The van der Waals surface area contributed by atoms with Gasteiger partial charge in [-0.3, -0.25) is 0 Å². The maximum Gasteiger partial charge on any atom is 0.339 e. The first-order chi connectivity index (χ1) is 21.8. The summed E-state index contributed by atoms with van der Waals surface area (Å²) in [6.07, 6.45) is -0.239. The molecule has 0 aliphatic heterocycles. The van der Waals surface area contributed by atoms with Crippen LogP contribution in [0.25, 0.3) is 0 Å². The largest absolute Gasteiger partial charge is 0.478 e. The van der Waals surface area contributed by atoms with Gasteiger partial charge in [0.05, 0.1) is 47.7 Å². The molecule has 2 aromatic carbocycles. The number of aromatic carboxylic acids is 2. The van der Waals surface area contributed by atoms with Crippen LogP contribution in [0.5, 0.6) is 0 Å². The van der Waals surface area contributed by atoms with E-state index in [-0.39, 0.29) is 61.5 Å². The number of rotatable bonds is 17. The second-order valence-electron chi connectivity index (χ2n) is 9.42. The number of carbonyl (C=O) groups is 6. The van der Waals surface area contributed by atoms with E-state index in [0.29, 0.717) is 12.0 Å². The molecule has 46 heavy (non-hydrogen) atoms. The van der Waals surface area contributed by atoms with Gasteiger partial charge in [-0.05, 0) is 44.0 Å². The molecule has 248 valence electrons. The Hall–Kier alpha value is -5.34. The number of hydrogen-bond donors (Lipinski definition) is 4. The lowest BCUT2D eigenvalue weighted by atomic mass is 10.1. The fraction of sp³-hybridized carbons (Fsp3) is 0.312. The molecule has 0 fully saturated rings. The number of carbonyl (C=O) groups excluding carboxylic acids is 4. The zero-order valence-electron chi connectivity index (χ0n) is 25.1. The average molecular weight is 645 g/mol. The highest BCUT2D eigenvalue weighted by Crippen LogP contribution is 2.12. The van der Waals surface area contributed by atoms with Gasteiger partial charge in [-0.1, -0.05) is 37.4 Å². The first kappa shape index (κ1) is 38.7. The quantitative estimate of drug-likeness (QED) is 0.0842. The van der Waals surface area contributed by atoms with Gasteiger partial charge in [0.2, 0.25) is 0 Å². The molecule has 0 aromatic heterocycles. The van der Waals surface area contributed by atoms with Crippen molar-refractivity contribution in [2.45, 2.75) is 38.4 Å². The van der Waals surface area contributed by atoms with Crippen molar-refractivity contribution in [1.82, 2.24) is 0 Å². The summed E-state index contributed by atoms with van der Waals surface area (Å²) >= 11 is 0. The van der Waals surface area contributed by atoms with Gasteiger partial charge in [-0.15, -0.1) is 0 Å². The van der Waals surface area contributed by atoms with Crippen LogP contribution in [0.15, 0.2) is 73.3 Å². The molecule has 14 heteroatoms. The van der Waals surface area contributed by atoms with Crippen molar-refractivity contribution >= 4 is 35.8 Å². The van der Waals surface area contributed by atoms with E-state index in [2.05, 4.69) is 17.9 Å². The van der Waals surface area contributed by atoms with Gasteiger partial charge in [-0.2, -0.15) is 0 Å². The van der Waals surface area contributed by atoms with E-state index in [9.17, 15) is 39.0 Å². The lowest BCUT2D eigenvalue weighted by molar-refractivity contribution is -0.139. The SMILES string of the molecule is C=C(C)C(=O)OCCCC(O)COC(=O)c1ccccc1C(=O)O.C=CC(=O)OCCC(O)COC(=O)c1ccccc1C(=O)O. The minimum Gasteiger partial charge on any atom is -0.478 e. The van der Waals surface area contributed by atoms with Crippen molar-refractivity contribution in [3.8, 4) is 0 Å². The summed E-state index contributed by atoms with van der Waals surface area (Å²) in [6.45, 7) is 7.66. The van der Waals surface area contributed by atoms with E-state index < -0.39 is 48.0 Å². The van der Waals surface area contributed by atoms with Gasteiger partial charge in [0.25, 0.3) is 0 Å². The highest BCUT2D eigenvalue weighted by Gasteiger charge is 2.19. The summed E-state index contributed by atoms with van der Waals surface area (Å²) in [5.41, 5.74) is -0.222. The van der Waals surface area contributed by atoms with E-state index in [1.807, 2.05) is 0 Å². The molecule has 0 amide bonds. The summed E-state index contributed by atoms with van der Waals surface area (Å²) in [6, 6.07) is 11.3. The summed E-state index contributed by atoms with van der Waals surface area (Å²) < 4.78 is 19.3. The predicted octanol–water partition coefficient (Wildman–Crippen LogP) is 2.82. The van der Waals surface area contributed by atoms with Gasteiger partial charge in [0.15, 0.2) is 0 Å². The Kier molecular flexibility index (Phi) is 17.3. The minimum absolute atomic E-state index is 0.0463. The zero-order valence-corrected chi connectivity index (χ0v) is 25.1. The molecule has 0 spiro atoms. The van der Waals surface area contributed by atoms with E-state index in [4.69, 9.17) is 24.4 Å². The summed E-state index contributed by atoms with van der Waals surface area (Å²) in [5, 5.41) is 37.3. The van der Waals surface area contributed by atoms with Gasteiger partial charge < -0.3 is 39.4 Å². The molecule has 4 N–H and O–H groups in total. The highest BCUT2D eigenvalue weighted by molar-refractivity contribution is 6.03. The molecule has 0 radical (unpaired) electrons. The summed E-state index contributed by atoms with van der Waals surface area (Å²) in [7, 11) is 0. The fourth-order valence-electron chi connectivity index (χ4n) is 3.32. The van der Waals surface area contributed by atoms with Crippen LogP contribution in [-0.4, -0.2) is 94.9 Å². The van der Waals surface area contributed by atoms with Crippen molar-refractivity contribution < 1.29 is 68.1 Å².